The van der Waals surface area contributed by atoms with Gasteiger partial charge in [-0.25, -0.2) is 0 Å². The van der Waals surface area contributed by atoms with Crippen LogP contribution in [-0.2, 0) is 0 Å². The Bertz CT molecular complexity index is 253. The van der Waals surface area contributed by atoms with Crippen molar-refractivity contribution in [1.29, 1.82) is 0 Å². The summed E-state index contributed by atoms with van der Waals surface area (Å²) in [4.78, 5) is 8.33. The van der Waals surface area contributed by atoms with Crippen molar-refractivity contribution in [3.8, 4) is 0 Å². The third kappa shape index (κ3) is 14.1. The highest BCUT2D eigenvalue weighted by Crippen LogP contribution is 2.08. The van der Waals surface area contributed by atoms with Crippen molar-refractivity contribution in [2.45, 2.75) is 66.5 Å². The molecule has 136 valence electrons. The number of hydrogen-bond donors (Lipinski definition) is 0. The molecule has 5 nitrogen and oxygen atoms in total. The van der Waals surface area contributed by atoms with Gasteiger partial charge in [0.2, 0.25) is 0 Å². The average molecular weight is 321 g/mol. The quantitative estimate of drug-likeness (QED) is 0.693. The minimum absolute atomic E-state index is 0.801. The van der Waals surface area contributed by atoms with Gasteiger partial charge in [-0.05, 0) is 46.7 Å². The molecule has 0 saturated heterocycles. The Hall–Kier alpha value is -0.810. The normalized spacial score (nSPS) is 13.9. The van der Waals surface area contributed by atoms with Crippen LogP contribution in [-0.4, -0.2) is 68.5 Å². The van der Waals surface area contributed by atoms with Gasteiger partial charge < -0.3 is 24.0 Å². The molecule has 0 rings (SSSR count). The van der Waals surface area contributed by atoms with Crippen LogP contribution in [0.5, 0.6) is 0 Å². The number of carbonyl (C=O) groups is 1. The molecular weight excluding hydrogens is 280 g/mol. The summed E-state index contributed by atoms with van der Waals surface area (Å²) >= 11 is 0. The van der Waals surface area contributed by atoms with E-state index in [0.29, 0.717) is 0 Å². The summed E-state index contributed by atoms with van der Waals surface area (Å²) < 4.78 is 2.30. The average Bonchev–Trinajstić information content (AvgIpc) is 2.45. The van der Waals surface area contributed by atoms with Crippen LogP contribution in [0.1, 0.15) is 54.4 Å². The van der Waals surface area contributed by atoms with E-state index in [0.717, 1.165) is 21.0 Å². The van der Waals surface area contributed by atoms with E-state index in [1.54, 1.807) is 0 Å². The van der Waals surface area contributed by atoms with Crippen LogP contribution in [0.15, 0.2) is 0 Å². The minimum Gasteiger partial charge on any atom is -0.652 e. The molecule has 5 heteroatoms. The van der Waals surface area contributed by atoms with Crippen LogP contribution < -0.4 is 10.2 Å². The predicted octanol–water partition coefficient (Wildman–Crippen LogP) is 1.32. The van der Waals surface area contributed by atoms with E-state index in [-0.39, 0.29) is 0 Å². The Kier molecular flexibility index (Phi) is 15.1. The molecule has 0 spiro atoms. The van der Waals surface area contributed by atoms with E-state index in [1.165, 1.54) is 25.9 Å². The summed E-state index contributed by atoms with van der Waals surface area (Å²) in [6.07, 6.45) is 0.224. The number of hydrogen-bond acceptors (Lipinski definition) is 3. The van der Waals surface area contributed by atoms with Crippen molar-refractivity contribution < 1.29 is 24.0 Å². The molecular formula is C17H40N2O3. The van der Waals surface area contributed by atoms with Crippen LogP contribution in [0.25, 0.3) is 0 Å². The molecule has 0 aliphatic carbocycles. The first-order valence-electron chi connectivity index (χ1n) is 8.35. The van der Waals surface area contributed by atoms with Crippen molar-refractivity contribution in [1.82, 2.24) is 0 Å². The first kappa shape index (κ1) is 26.1. The fraction of sp³-hybridized carbons (Fsp3) is 0.941. The largest absolute Gasteiger partial charge is 0.652 e. The van der Waals surface area contributed by atoms with Crippen molar-refractivity contribution in [2.24, 2.45) is 0 Å². The van der Waals surface area contributed by atoms with Gasteiger partial charge in [-0.3, -0.25) is 0 Å². The van der Waals surface area contributed by atoms with E-state index in [1.807, 2.05) is 0 Å². The summed E-state index contributed by atoms with van der Waals surface area (Å²) in [5.74, 6) is 0. The lowest BCUT2D eigenvalue weighted by Crippen LogP contribution is -2.46. The van der Waals surface area contributed by atoms with Crippen LogP contribution in [0.3, 0.4) is 0 Å². The van der Waals surface area contributed by atoms with Crippen molar-refractivity contribution in [2.75, 3.05) is 41.3 Å². The van der Waals surface area contributed by atoms with E-state index < -0.39 is 6.16 Å². The fourth-order valence-corrected chi connectivity index (χ4v) is 1.61. The van der Waals surface area contributed by atoms with E-state index >= 15 is 0 Å². The minimum atomic E-state index is -2.33. The van der Waals surface area contributed by atoms with Crippen molar-refractivity contribution in [3.63, 3.8) is 0 Å². The zero-order valence-electron chi connectivity index (χ0n) is 16.6. The molecule has 0 aliphatic rings. The summed E-state index contributed by atoms with van der Waals surface area (Å²) in [5, 5.41) is 16.7. The molecule has 0 bridgehead atoms. The van der Waals surface area contributed by atoms with Gasteiger partial charge >= 0.3 is 0 Å². The molecule has 2 atom stereocenters. The summed E-state index contributed by atoms with van der Waals surface area (Å²) in [6, 6.07) is 1.60. The molecule has 0 N–H and O–H groups in total. The molecule has 0 fully saturated rings. The zero-order chi connectivity index (χ0) is 18.6. The Morgan fingerprint density at radius 2 is 0.955 bits per heavy atom. The fourth-order valence-electron chi connectivity index (χ4n) is 1.61. The van der Waals surface area contributed by atoms with Crippen LogP contribution in [0.4, 0.5) is 4.79 Å². The van der Waals surface area contributed by atoms with Gasteiger partial charge in [-0.2, -0.15) is 0 Å². The lowest BCUT2D eigenvalue weighted by Gasteiger charge is -2.34. The molecule has 0 radical (unpaired) electrons. The highest BCUT2D eigenvalue weighted by molar-refractivity contribution is 5.47. The van der Waals surface area contributed by atoms with Gasteiger partial charge in [0, 0.05) is 0 Å². The highest BCUT2D eigenvalue weighted by atomic mass is 16.6. The molecule has 0 heterocycles. The van der Waals surface area contributed by atoms with Gasteiger partial charge in [0.25, 0.3) is 0 Å². The first-order valence-corrected chi connectivity index (χ1v) is 8.35. The molecule has 0 aromatic rings. The van der Waals surface area contributed by atoms with Crippen molar-refractivity contribution in [3.05, 3.63) is 0 Å². The van der Waals surface area contributed by atoms with Crippen LogP contribution in [0, 0.1) is 0 Å². The molecule has 0 saturated carbocycles. The topological polar surface area (TPSA) is 63.2 Å². The molecule has 0 aromatic carbocycles. The van der Waals surface area contributed by atoms with Crippen molar-refractivity contribution >= 4 is 6.16 Å². The lowest BCUT2D eigenvalue weighted by molar-refractivity contribution is -0.911. The standard InChI is InChI=1S/2C8H20N.CH2O3/c2*1-6-8(3)9(4,5)7-2;2-1(3)4/h2*8H,6-7H2,1-5H3;(H2,2,3,4)/q2*+1;/p-2. The Labute approximate surface area is 138 Å². The third-order valence-corrected chi connectivity index (χ3v) is 5.20. The Balaban J connectivity index is -0.000000266. The second-order valence-electron chi connectivity index (χ2n) is 6.95. The van der Waals surface area contributed by atoms with E-state index in [4.69, 9.17) is 15.0 Å². The van der Waals surface area contributed by atoms with Gasteiger partial charge in [-0.15, -0.1) is 0 Å². The van der Waals surface area contributed by atoms with E-state index in [9.17, 15) is 0 Å². The summed E-state index contributed by atoms with van der Waals surface area (Å²) in [7, 11) is 9.14. The van der Waals surface area contributed by atoms with Gasteiger partial charge in [0.15, 0.2) is 0 Å². The molecule has 0 aromatic heterocycles. The number of nitrogens with zero attached hydrogens (tertiary/aromatic N) is 2. The maximum absolute atomic E-state index is 8.33. The first-order chi connectivity index (χ1) is 9.82. The summed E-state index contributed by atoms with van der Waals surface area (Å²) in [5.41, 5.74) is 0. The Morgan fingerprint density at radius 3 is 1.00 bits per heavy atom. The molecule has 0 aliphatic heterocycles. The summed E-state index contributed by atoms with van der Waals surface area (Å²) in [6.45, 7) is 16.1. The zero-order valence-corrected chi connectivity index (χ0v) is 16.6. The molecule has 0 amide bonds. The van der Waals surface area contributed by atoms with Gasteiger partial charge in [0.05, 0.1) is 53.4 Å². The number of carboxylic acid groups (broad SMARTS) is 2. The third-order valence-electron chi connectivity index (χ3n) is 5.20. The van der Waals surface area contributed by atoms with Crippen LogP contribution in [0.2, 0.25) is 0 Å². The number of quaternary nitrogens is 2. The highest BCUT2D eigenvalue weighted by Gasteiger charge is 2.19. The monoisotopic (exact) mass is 320 g/mol. The Morgan fingerprint density at radius 1 is 0.773 bits per heavy atom. The molecule has 22 heavy (non-hydrogen) atoms. The van der Waals surface area contributed by atoms with Gasteiger partial charge in [-0.1, -0.05) is 13.8 Å². The van der Waals surface area contributed by atoms with E-state index in [2.05, 4.69) is 69.7 Å². The maximum atomic E-state index is 8.33. The number of carbonyl (C=O) groups excluding carboxylic acids is 1. The second-order valence-corrected chi connectivity index (χ2v) is 6.95. The van der Waals surface area contributed by atoms with Gasteiger partial charge in [0.1, 0.15) is 0 Å². The molecule has 2 unspecified atom stereocenters. The van der Waals surface area contributed by atoms with Crippen LogP contribution >= 0.6 is 0 Å². The maximum Gasteiger partial charge on any atom is 0.0854 e. The smallest absolute Gasteiger partial charge is 0.0854 e. The SMILES string of the molecule is CCC(C)[N+](C)(C)CC.CCC(C)[N+](C)(C)CC.O=C([O-])[O-]. The number of rotatable bonds is 6. The lowest BCUT2D eigenvalue weighted by atomic mass is 10.2. The second kappa shape index (κ2) is 12.7. The predicted molar refractivity (Wildman–Crippen MR) is 90.2 cm³/mol.